The van der Waals surface area contributed by atoms with Crippen LogP contribution >= 0.6 is 0 Å². The Labute approximate surface area is 343 Å². The molecule has 7 amide bonds. The van der Waals surface area contributed by atoms with Gasteiger partial charge in [-0.25, -0.2) is 4.79 Å². The van der Waals surface area contributed by atoms with E-state index >= 15 is 0 Å². The van der Waals surface area contributed by atoms with Crippen molar-refractivity contribution in [1.82, 2.24) is 36.0 Å². The van der Waals surface area contributed by atoms with E-state index in [0.717, 1.165) is 0 Å². The highest BCUT2D eigenvalue weighted by molar-refractivity contribution is 5.98. The van der Waals surface area contributed by atoms with Crippen LogP contribution in [0.15, 0.2) is 0 Å². The number of rotatable bonds is 19. The Morgan fingerprint density at radius 3 is 1.58 bits per heavy atom. The summed E-state index contributed by atoms with van der Waals surface area (Å²) in [6, 6.07) is -10.2. The van der Waals surface area contributed by atoms with E-state index in [1.165, 1.54) is 28.5 Å². The number of nitrogens with zero attached hydrogens (tertiary/aromatic N) is 3. The van der Waals surface area contributed by atoms with E-state index in [1.807, 2.05) is 0 Å². The molecule has 0 radical (unpaired) electrons. The third-order valence-electron chi connectivity index (χ3n) is 10.9. The van der Waals surface area contributed by atoms with Crippen LogP contribution in [0.4, 0.5) is 0 Å². The van der Waals surface area contributed by atoms with Gasteiger partial charge >= 0.3 is 11.9 Å². The fourth-order valence-corrected chi connectivity index (χ4v) is 7.79. The molecule has 332 valence electrons. The summed E-state index contributed by atoms with van der Waals surface area (Å²) in [6.07, 6.45) is -1.41. The Balaban J connectivity index is 1.72. The third-order valence-corrected chi connectivity index (χ3v) is 10.9. The topological polar surface area (TPSA) is 318 Å². The van der Waals surface area contributed by atoms with Gasteiger partial charge in [-0.05, 0) is 70.6 Å². The second-order valence-corrected chi connectivity index (χ2v) is 16.5. The molecular formula is C38H62N8O13. The Kier molecular flexibility index (Phi) is 17.6. The molecule has 59 heavy (non-hydrogen) atoms. The van der Waals surface area contributed by atoms with Crippen molar-refractivity contribution in [3.8, 4) is 0 Å². The maximum Gasteiger partial charge on any atom is 0.326 e. The number of hydrogen-bond acceptors (Lipinski definition) is 12. The number of carboxylic acids is 2. The van der Waals surface area contributed by atoms with Gasteiger partial charge < -0.3 is 62.1 Å². The predicted molar refractivity (Wildman–Crippen MR) is 207 cm³/mol. The molecule has 0 aromatic rings. The highest BCUT2D eigenvalue weighted by Crippen LogP contribution is 2.26. The Morgan fingerprint density at radius 1 is 0.610 bits per heavy atom. The lowest BCUT2D eigenvalue weighted by atomic mass is 9.99. The Bertz CT molecular complexity index is 1590. The van der Waals surface area contributed by atoms with Crippen molar-refractivity contribution in [3.63, 3.8) is 0 Å². The highest BCUT2D eigenvalue weighted by Gasteiger charge is 2.45. The zero-order valence-electron chi connectivity index (χ0n) is 34.6. The molecule has 0 aromatic carbocycles. The summed E-state index contributed by atoms with van der Waals surface area (Å²) in [5, 5.41) is 49.9. The average Bonchev–Trinajstić information content (AvgIpc) is 3.94. The molecule has 3 fully saturated rings. The van der Waals surface area contributed by atoms with Crippen LogP contribution in [0.25, 0.3) is 0 Å². The Morgan fingerprint density at radius 2 is 1.07 bits per heavy atom. The standard InChI is InChI=1S/C38H62N8O13/c1-18(2)16-23(36(56)46-15-9-12-26(46)38(58)59)40-33(53)29(20(5)47)43-32(52)28(19(3)4)41-34(54)30(21(6)48)42-31(51)24-10-7-13-44(24)37(57)25-11-8-14-45(25)35(55)22(39)17-27(49)50/h18-26,28-30,47-48H,7-17,39H2,1-6H3,(H,40,53)(H,41,54)(H,42,51)(H,43,52)(H,49,50)(H,58,59)/t20-,21-,22+,23+,24+,25+,26+,28+,29+,30+/m1/s1. The van der Waals surface area contributed by atoms with E-state index in [9.17, 15) is 58.5 Å². The van der Waals surface area contributed by atoms with Crippen LogP contribution in [0.2, 0.25) is 0 Å². The number of carboxylic acid groups (broad SMARTS) is 2. The summed E-state index contributed by atoms with van der Waals surface area (Å²) in [4.78, 5) is 121. The first kappa shape index (κ1) is 48.5. The molecule has 21 nitrogen and oxygen atoms in total. The third kappa shape index (κ3) is 12.6. The second-order valence-electron chi connectivity index (χ2n) is 16.5. The number of aliphatic carboxylic acids is 2. The summed E-state index contributed by atoms with van der Waals surface area (Å²) >= 11 is 0. The first-order valence-electron chi connectivity index (χ1n) is 20.3. The lowest BCUT2D eigenvalue weighted by Crippen LogP contribution is -2.63. The lowest BCUT2D eigenvalue weighted by molar-refractivity contribution is -0.149. The van der Waals surface area contributed by atoms with E-state index in [4.69, 9.17) is 10.8 Å². The molecule has 3 saturated heterocycles. The van der Waals surface area contributed by atoms with E-state index < -0.39 is 126 Å². The first-order chi connectivity index (χ1) is 27.6. The van der Waals surface area contributed by atoms with Crippen molar-refractivity contribution in [2.75, 3.05) is 19.6 Å². The summed E-state index contributed by atoms with van der Waals surface area (Å²) < 4.78 is 0. The molecule has 0 unspecified atom stereocenters. The smallest absolute Gasteiger partial charge is 0.326 e. The van der Waals surface area contributed by atoms with Crippen molar-refractivity contribution in [3.05, 3.63) is 0 Å². The van der Waals surface area contributed by atoms with Gasteiger partial charge in [0.1, 0.15) is 42.3 Å². The molecule has 3 heterocycles. The normalized spacial score (nSPS) is 22.8. The molecule has 0 bridgehead atoms. The average molecular weight is 839 g/mol. The zero-order valence-corrected chi connectivity index (χ0v) is 34.6. The van der Waals surface area contributed by atoms with E-state index in [0.29, 0.717) is 19.3 Å². The summed E-state index contributed by atoms with van der Waals surface area (Å²) in [6.45, 7) is 9.76. The molecule has 0 saturated carbocycles. The van der Waals surface area contributed by atoms with Gasteiger partial charge in [0.15, 0.2) is 0 Å². The summed E-state index contributed by atoms with van der Waals surface area (Å²) in [5.74, 6) is -8.62. The van der Waals surface area contributed by atoms with Gasteiger partial charge in [-0.2, -0.15) is 0 Å². The summed E-state index contributed by atoms with van der Waals surface area (Å²) in [5.41, 5.74) is 5.79. The summed E-state index contributed by atoms with van der Waals surface area (Å²) in [7, 11) is 0. The fourth-order valence-electron chi connectivity index (χ4n) is 7.79. The number of aliphatic hydroxyl groups is 2. The lowest BCUT2D eigenvalue weighted by Gasteiger charge is -2.33. The molecule has 3 aliphatic heterocycles. The van der Waals surface area contributed by atoms with Crippen LogP contribution in [0, 0.1) is 11.8 Å². The number of nitrogens with one attached hydrogen (secondary N) is 4. The minimum absolute atomic E-state index is 0.112. The van der Waals surface area contributed by atoms with Crippen LogP contribution in [0.3, 0.4) is 0 Å². The zero-order chi connectivity index (χ0) is 44.5. The predicted octanol–water partition coefficient (Wildman–Crippen LogP) is -2.75. The number of likely N-dealkylation sites (tertiary alicyclic amines) is 3. The first-order valence-corrected chi connectivity index (χ1v) is 20.3. The van der Waals surface area contributed by atoms with Crippen molar-refractivity contribution < 1.29 is 63.6 Å². The van der Waals surface area contributed by atoms with Gasteiger partial charge in [0.2, 0.25) is 41.4 Å². The minimum atomic E-state index is -1.62. The fraction of sp³-hybridized carbons (Fsp3) is 0.763. The Hall–Kier alpha value is -4.89. The largest absolute Gasteiger partial charge is 0.481 e. The number of nitrogens with two attached hydrogens (primary N) is 1. The number of aliphatic hydroxyl groups excluding tert-OH is 2. The quantitative estimate of drug-likeness (QED) is 0.0637. The van der Waals surface area contributed by atoms with Crippen LogP contribution < -0.4 is 27.0 Å². The van der Waals surface area contributed by atoms with E-state index in [2.05, 4.69) is 21.3 Å². The van der Waals surface area contributed by atoms with Gasteiger partial charge in [0.05, 0.1) is 24.7 Å². The molecule has 21 heteroatoms. The number of carbonyl (C=O) groups excluding carboxylic acids is 7. The molecule has 10 atom stereocenters. The number of hydrogen-bond donors (Lipinski definition) is 9. The molecular weight excluding hydrogens is 776 g/mol. The SMILES string of the molecule is CC(C)C[C@H](NC(=O)[C@@H](NC(=O)[C@@H](NC(=O)[C@@H](NC(=O)[C@@H]1CCCN1C(=O)[C@@H]1CCCN1C(=O)[C@@H](N)CC(=O)O)[C@@H](C)O)C(C)C)[C@@H](C)O)C(=O)N1CCC[C@H]1C(=O)O. The minimum Gasteiger partial charge on any atom is -0.481 e. The van der Waals surface area contributed by atoms with E-state index in [-0.39, 0.29) is 51.2 Å². The van der Waals surface area contributed by atoms with E-state index in [1.54, 1.807) is 27.7 Å². The van der Waals surface area contributed by atoms with Crippen LogP contribution in [-0.2, 0) is 43.2 Å². The highest BCUT2D eigenvalue weighted by atomic mass is 16.4. The second kappa shape index (κ2) is 21.4. The van der Waals surface area contributed by atoms with Crippen LogP contribution in [-0.4, -0.2) is 169 Å². The molecule has 0 spiro atoms. The van der Waals surface area contributed by atoms with Gasteiger partial charge in [0, 0.05) is 19.6 Å². The van der Waals surface area contributed by atoms with Crippen molar-refractivity contribution in [2.24, 2.45) is 17.6 Å². The number of carbonyl (C=O) groups is 9. The van der Waals surface area contributed by atoms with Crippen molar-refractivity contribution in [1.29, 1.82) is 0 Å². The molecule has 0 aliphatic carbocycles. The molecule has 0 aromatic heterocycles. The van der Waals surface area contributed by atoms with Gasteiger partial charge in [-0.15, -0.1) is 0 Å². The monoisotopic (exact) mass is 838 g/mol. The van der Waals surface area contributed by atoms with Crippen molar-refractivity contribution >= 4 is 53.3 Å². The number of amides is 7. The van der Waals surface area contributed by atoms with Gasteiger partial charge in [-0.3, -0.25) is 38.4 Å². The van der Waals surface area contributed by atoms with Gasteiger partial charge in [0.25, 0.3) is 0 Å². The van der Waals surface area contributed by atoms with Crippen LogP contribution in [0.5, 0.6) is 0 Å². The van der Waals surface area contributed by atoms with Crippen molar-refractivity contribution in [2.45, 2.75) is 153 Å². The molecule has 10 N–H and O–H groups in total. The molecule has 3 aliphatic rings. The maximum atomic E-state index is 13.7. The van der Waals surface area contributed by atoms with Gasteiger partial charge in [-0.1, -0.05) is 27.7 Å². The molecule has 3 rings (SSSR count). The van der Waals surface area contributed by atoms with Crippen LogP contribution in [0.1, 0.15) is 92.9 Å². The maximum absolute atomic E-state index is 13.7.